The van der Waals surface area contributed by atoms with Crippen molar-refractivity contribution in [2.45, 2.75) is 277 Å². The lowest BCUT2D eigenvalue weighted by Gasteiger charge is -2.18. The summed E-state index contributed by atoms with van der Waals surface area (Å²) in [5.74, 6) is -0.895. The van der Waals surface area contributed by atoms with Crippen LogP contribution in [-0.2, 0) is 28.6 Å². The number of carbonyl (C=O) groups excluding carboxylic acids is 3. The maximum atomic E-state index is 12.8. The summed E-state index contributed by atoms with van der Waals surface area (Å²) in [7, 11) is 0. The number of esters is 3. The SMILES string of the molecule is CCCCCC/C=C\CCCCCCCC(=O)OC(COC(=O)CCCCCCCC/C=C\C/C=C\C/C=C\CCCCCCC)COC(=O)CCCCCCCCCCCC. The fraction of sp³-hybridized carbons (Fsp3) is 0.804. The first-order valence-electron chi connectivity index (χ1n) is 26.6. The fourth-order valence-corrected chi connectivity index (χ4v) is 7.50. The van der Waals surface area contributed by atoms with Crippen LogP contribution in [0.15, 0.2) is 48.6 Å². The second kappa shape index (κ2) is 51.0. The molecule has 0 bridgehead atoms. The van der Waals surface area contributed by atoms with Gasteiger partial charge in [-0.1, -0.05) is 217 Å². The highest BCUT2D eigenvalue weighted by atomic mass is 16.6. The summed E-state index contributed by atoms with van der Waals surface area (Å²) in [5, 5.41) is 0. The lowest BCUT2D eigenvalue weighted by molar-refractivity contribution is -0.167. The number of hydrogen-bond donors (Lipinski definition) is 0. The van der Waals surface area contributed by atoms with Crippen molar-refractivity contribution in [2.75, 3.05) is 13.2 Å². The van der Waals surface area contributed by atoms with Gasteiger partial charge in [0.2, 0.25) is 0 Å². The van der Waals surface area contributed by atoms with Gasteiger partial charge in [-0.15, -0.1) is 0 Å². The fourth-order valence-electron chi connectivity index (χ4n) is 7.50. The summed E-state index contributed by atoms with van der Waals surface area (Å²) in [6.45, 7) is 6.59. The van der Waals surface area contributed by atoms with Crippen molar-refractivity contribution in [3.05, 3.63) is 48.6 Å². The topological polar surface area (TPSA) is 78.9 Å². The van der Waals surface area contributed by atoms with Crippen LogP contribution in [0.5, 0.6) is 0 Å². The lowest BCUT2D eigenvalue weighted by Crippen LogP contribution is -2.30. The summed E-state index contributed by atoms with van der Waals surface area (Å²) in [4.78, 5) is 37.9. The molecule has 0 radical (unpaired) electrons. The third-order valence-corrected chi connectivity index (χ3v) is 11.6. The average Bonchev–Trinajstić information content (AvgIpc) is 3.27. The van der Waals surface area contributed by atoms with Gasteiger partial charge in [-0.05, 0) is 83.5 Å². The third kappa shape index (κ3) is 48.4. The van der Waals surface area contributed by atoms with Crippen molar-refractivity contribution in [2.24, 2.45) is 0 Å². The van der Waals surface area contributed by atoms with Gasteiger partial charge in [-0.2, -0.15) is 0 Å². The molecule has 0 N–H and O–H groups in total. The van der Waals surface area contributed by atoms with E-state index < -0.39 is 6.10 Å². The number of unbranched alkanes of at least 4 members (excludes halogenated alkanes) is 29. The molecule has 0 amide bonds. The first-order valence-corrected chi connectivity index (χ1v) is 26.6. The molecular weight excluding hydrogens is 769 g/mol. The minimum absolute atomic E-state index is 0.0788. The number of ether oxygens (including phenoxy) is 3. The highest BCUT2D eigenvalue weighted by Crippen LogP contribution is 2.14. The summed E-state index contributed by atoms with van der Waals surface area (Å²) in [6, 6.07) is 0. The zero-order valence-electron chi connectivity index (χ0n) is 41.1. The molecule has 0 aromatic carbocycles. The Balaban J connectivity index is 4.32. The van der Waals surface area contributed by atoms with Crippen molar-refractivity contribution >= 4 is 17.9 Å². The Morgan fingerprint density at radius 1 is 0.323 bits per heavy atom. The molecule has 0 aliphatic rings. The first-order chi connectivity index (χ1) is 30.5. The van der Waals surface area contributed by atoms with Crippen LogP contribution in [0.25, 0.3) is 0 Å². The first kappa shape index (κ1) is 59.4. The Kier molecular flexibility index (Phi) is 48.8. The molecule has 0 aliphatic heterocycles. The number of rotatable bonds is 48. The summed E-state index contributed by atoms with van der Waals surface area (Å²) in [6.07, 6.45) is 60.9. The van der Waals surface area contributed by atoms with Crippen LogP contribution >= 0.6 is 0 Å². The summed E-state index contributed by atoms with van der Waals surface area (Å²) >= 11 is 0. The van der Waals surface area contributed by atoms with Crippen LogP contribution in [-0.4, -0.2) is 37.2 Å². The van der Waals surface area contributed by atoms with Crippen LogP contribution in [0, 0.1) is 0 Å². The van der Waals surface area contributed by atoms with Crippen LogP contribution < -0.4 is 0 Å². The highest BCUT2D eigenvalue weighted by Gasteiger charge is 2.19. The van der Waals surface area contributed by atoms with E-state index in [1.807, 2.05) is 0 Å². The van der Waals surface area contributed by atoms with Gasteiger partial charge in [0.1, 0.15) is 13.2 Å². The molecule has 6 nitrogen and oxygen atoms in total. The second-order valence-corrected chi connectivity index (χ2v) is 17.8. The number of carbonyl (C=O) groups is 3. The number of allylic oxidation sites excluding steroid dienone is 8. The van der Waals surface area contributed by atoms with Crippen LogP contribution in [0.4, 0.5) is 0 Å². The van der Waals surface area contributed by atoms with Crippen molar-refractivity contribution < 1.29 is 28.6 Å². The zero-order valence-corrected chi connectivity index (χ0v) is 41.1. The van der Waals surface area contributed by atoms with E-state index in [0.29, 0.717) is 19.3 Å². The largest absolute Gasteiger partial charge is 0.462 e. The molecule has 1 atom stereocenters. The molecule has 0 rings (SSSR count). The van der Waals surface area contributed by atoms with Gasteiger partial charge in [0.25, 0.3) is 0 Å². The number of hydrogen-bond acceptors (Lipinski definition) is 6. The van der Waals surface area contributed by atoms with Gasteiger partial charge in [0.15, 0.2) is 6.10 Å². The molecule has 0 aromatic heterocycles. The lowest BCUT2D eigenvalue weighted by atomic mass is 10.1. The zero-order chi connectivity index (χ0) is 45.1. The van der Waals surface area contributed by atoms with E-state index in [1.165, 1.54) is 141 Å². The molecule has 0 heterocycles. The predicted molar refractivity (Wildman–Crippen MR) is 265 cm³/mol. The predicted octanol–water partition coefficient (Wildman–Crippen LogP) is 17.5. The molecule has 1 unspecified atom stereocenters. The Morgan fingerprint density at radius 3 is 0.935 bits per heavy atom. The van der Waals surface area contributed by atoms with Crippen LogP contribution in [0.2, 0.25) is 0 Å². The molecule has 0 fully saturated rings. The molecule has 360 valence electrons. The Labute approximate surface area is 384 Å². The smallest absolute Gasteiger partial charge is 0.306 e. The van der Waals surface area contributed by atoms with E-state index in [-0.39, 0.29) is 31.1 Å². The molecule has 0 saturated carbocycles. The molecule has 6 heteroatoms. The summed E-state index contributed by atoms with van der Waals surface area (Å²) in [5.41, 5.74) is 0. The van der Waals surface area contributed by atoms with E-state index in [2.05, 4.69) is 69.4 Å². The van der Waals surface area contributed by atoms with Crippen molar-refractivity contribution in [3.63, 3.8) is 0 Å². The van der Waals surface area contributed by atoms with Crippen molar-refractivity contribution in [3.8, 4) is 0 Å². The molecule has 0 aromatic rings. The van der Waals surface area contributed by atoms with E-state index in [9.17, 15) is 14.4 Å². The van der Waals surface area contributed by atoms with Gasteiger partial charge in [-0.25, -0.2) is 0 Å². The third-order valence-electron chi connectivity index (χ3n) is 11.6. The second-order valence-electron chi connectivity index (χ2n) is 17.8. The Morgan fingerprint density at radius 2 is 0.581 bits per heavy atom. The molecule has 0 saturated heterocycles. The summed E-state index contributed by atoms with van der Waals surface area (Å²) < 4.78 is 16.8. The van der Waals surface area contributed by atoms with Gasteiger partial charge >= 0.3 is 17.9 Å². The average molecular weight is 869 g/mol. The molecule has 0 aliphatic carbocycles. The van der Waals surface area contributed by atoms with Crippen LogP contribution in [0.1, 0.15) is 271 Å². The molecular formula is C56H100O6. The monoisotopic (exact) mass is 869 g/mol. The quantitative estimate of drug-likeness (QED) is 0.0262. The van der Waals surface area contributed by atoms with E-state index in [4.69, 9.17) is 14.2 Å². The van der Waals surface area contributed by atoms with Gasteiger partial charge < -0.3 is 14.2 Å². The van der Waals surface area contributed by atoms with Crippen molar-refractivity contribution in [1.82, 2.24) is 0 Å². The van der Waals surface area contributed by atoms with Crippen LogP contribution in [0.3, 0.4) is 0 Å². The van der Waals surface area contributed by atoms with E-state index in [1.54, 1.807) is 0 Å². The molecule has 62 heavy (non-hydrogen) atoms. The van der Waals surface area contributed by atoms with Crippen molar-refractivity contribution in [1.29, 1.82) is 0 Å². The van der Waals surface area contributed by atoms with Gasteiger partial charge in [-0.3, -0.25) is 14.4 Å². The van der Waals surface area contributed by atoms with Gasteiger partial charge in [0, 0.05) is 19.3 Å². The standard InChI is InChI=1S/C56H100O6/c1-4-7-10-13-16-19-22-24-25-26-27-28-29-30-31-33-34-37-40-43-46-49-55(58)61-52-53(51-60-54(57)48-45-42-39-36-21-18-15-12-9-6-3)62-56(59)50-47-44-41-38-35-32-23-20-17-14-11-8-5-2/h20,22-24,26-27,29-30,53H,4-19,21,25,28,31-52H2,1-3H3/b23-20-,24-22-,27-26-,30-29-. The minimum atomic E-state index is -0.779. The minimum Gasteiger partial charge on any atom is -0.462 e. The Bertz CT molecular complexity index is 1090. The van der Waals surface area contributed by atoms with E-state index >= 15 is 0 Å². The van der Waals surface area contributed by atoms with Gasteiger partial charge in [0.05, 0.1) is 0 Å². The normalized spacial score (nSPS) is 12.4. The Hall–Kier alpha value is -2.63. The maximum absolute atomic E-state index is 12.8. The van der Waals surface area contributed by atoms with E-state index in [0.717, 1.165) is 89.9 Å². The maximum Gasteiger partial charge on any atom is 0.306 e. The highest BCUT2D eigenvalue weighted by molar-refractivity contribution is 5.71. The molecule has 0 spiro atoms.